The van der Waals surface area contributed by atoms with Gasteiger partial charge in [0.1, 0.15) is 0 Å². The molecule has 5 rings (SSSR count). The van der Waals surface area contributed by atoms with Crippen LogP contribution in [0.3, 0.4) is 0 Å². The number of fused-ring (bicyclic) bond motifs is 2. The zero-order chi connectivity index (χ0) is 19.8. The standard InChI is InChI=1S/C24H21N5/c1-3-24(2,19-11-12-20-18(16-19)10-7-15-25-20)23-27-26-22-14-13-21(28-29(22)23)17-8-5-4-6-9-17/h4-16H,3H2,1-2H3. The molecule has 5 nitrogen and oxygen atoms in total. The molecular formula is C24H21N5. The predicted molar refractivity (Wildman–Crippen MR) is 115 cm³/mol. The molecule has 0 radical (unpaired) electrons. The molecule has 3 aromatic heterocycles. The average Bonchev–Trinajstić information content (AvgIpc) is 3.22. The minimum atomic E-state index is -0.328. The van der Waals surface area contributed by atoms with Gasteiger partial charge in [-0.2, -0.15) is 9.61 Å². The van der Waals surface area contributed by atoms with E-state index in [1.807, 2.05) is 47.1 Å². The molecule has 142 valence electrons. The van der Waals surface area contributed by atoms with Crippen molar-refractivity contribution in [2.45, 2.75) is 25.7 Å². The first-order valence-corrected chi connectivity index (χ1v) is 9.83. The Hall–Kier alpha value is -3.60. The van der Waals surface area contributed by atoms with Crippen LogP contribution in [0.25, 0.3) is 27.8 Å². The number of hydrogen-bond acceptors (Lipinski definition) is 4. The molecule has 3 heterocycles. The molecule has 0 amide bonds. The number of pyridine rings is 1. The van der Waals surface area contributed by atoms with Gasteiger partial charge >= 0.3 is 0 Å². The molecule has 0 saturated carbocycles. The van der Waals surface area contributed by atoms with Crippen molar-refractivity contribution in [1.82, 2.24) is 24.8 Å². The SMILES string of the molecule is CCC(C)(c1ccc2ncccc2c1)c1nnc2ccc(-c3ccccc3)nn12. The number of benzene rings is 2. The Bertz CT molecular complexity index is 1310. The molecule has 0 bridgehead atoms. The fraction of sp³-hybridized carbons (Fsp3) is 0.167. The molecule has 0 fully saturated rings. The van der Waals surface area contributed by atoms with Crippen molar-refractivity contribution < 1.29 is 0 Å². The first-order chi connectivity index (χ1) is 14.2. The van der Waals surface area contributed by atoms with Crippen molar-refractivity contribution in [3.63, 3.8) is 0 Å². The lowest BCUT2D eigenvalue weighted by Crippen LogP contribution is -2.26. The van der Waals surface area contributed by atoms with Crippen LogP contribution in [0.1, 0.15) is 31.7 Å². The minimum absolute atomic E-state index is 0.328. The molecule has 0 N–H and O–H groups in total. The second-order valence-electron chi connectivity index (χ2n) is 7.47. The largest absolute Gasteiger partial charge is 0.256 e. The first kappa shape index (κ1) is 17.5. The molecule has 0 aliphatic heterocycles. The lowest BCUT2D eigenvalue weighted by atomic mass is 9.79. The van der Waals surface area contributed by atoms with E-state index in [1.165, 1.54) is 5.56 Å². The Morgan fingerprint density at radius 1 is 0.897 bits per heavy atom. The number of hydrogen-bond donors (Lipinski definition) is 0. The third-order valence-corrected chi connectivity index (χ3v) is 5.77. The second-order valence-corrected chi connectivity index (χ2v) is 7.47. The van der Waals surface area contributed by atoms with Crippen LogP contribution in [0.4, 0.5) is 0 Å². The first-order valence-electron chi connectivity index (χ1n) is 9.83. The van der Waals surface area contributed by atoms with Gasteiger partial charge in [-0.3, -0.25) is 4.98 Å². The van der Waals surface area contributed by atoms with Crippen LogP contribution in [0.5, 0.6) is 0 Å². The number of nitrogens with zero attached hydrogens (tertiary/aromatic N) is 5. The minimum Gasteiger partial charge on any atom is -0.256 e. The Labute approximate surface area is 169 Å². The summed E-state index contributed by atoms with van der Waals surface area (Å²) in [5.74, 6) is 0.844. The third kappa shape index (κ3) is 2.86. The van der Waals surface area contributed by atoms with E-state index in [1.54, 1.807) is 0 Å². The fourth-order valence-corrected chi connectivity index (χ4v) is 3.81. The van der Waals surface area contributed by atoms with Gasteiger partial charge in [-0.15, -0.1) is 10.2 Å². The molecule has 0 spiro atoms. The summed E-state index contributed by atoms with van der Waals surface area (Å²) in [6, 6.07) is 24.6. The molecule has 0 aliphatic carbocycles. The van der Waals surface area contributed by atoms with E-state index in [-0.39, 0.29) is 5.41 Å². The fourth-order valence-electron chi connectivity index (χ4n) is 3.81. The maximum Gasteiger partial charge on any atom is 0.177 e. The van der Waals surface area contributed by atoms with E-state index in [4.69, 9.17) is 5.10 Å². The van der Waals surface area contributed by atoms with Crippen molar-refractivity contribution in [3.8, 4) is 11.3 Å². The van der Waals surface area contributed by atoms with Gasteiger partial charge in [0, 0.05) is 17.1 Å². The van der Waals surface area contributed by atoms with E-state index in [9.17, 15) is 0 Å². The van der Waals surface area contributed by atoms with Crippen molar-refractivity contribution in [1.29, 1.82) is 0 Å². The maximum atomic E-state index is 4.89. The Morgan fingerprint density at radius 3 is 2.59 bits per heavy atom. The highest BCUT2D eigenvalue weighted by molar-refractivity contribution is 5.79. The topological polar surface area (TPSA) is 56.0 Å². The normalized spacial score (nSPS) is 13.6. The van der Waals surface area contributed by atoms with Gasteiger partial charge in [0.15, 0.2) is 11.5 Å². The Kier molecular flexibility index (Phi) is 4.09. The zero-order valence-corrected chi connectivity index (χ0v) is 16.4. The molecule has 1 atom stereocenters. The van der Waals surface area contributed by atoms with Gasteiger partial charge < -0.3 is 0 Å². The van der Waals surface area contributed by atoms with E-state index >= 15 is 0 Å². The maximum absolute atomic E-state index is 4.89. The summed E-state index contributed by atoms with van der Waals surface area (Å²) in [7, 11) is 0. The highest BCUT2D eigenvalue weighted by atomic mass is 15.4. The molecule has 5 aromatic rings. The second kappa shape index (κ2) is 6.78. The Morgan fingerprint density at radius 2 is 1.76 bits per heavy atom. The summed E-state index contributed by atoms with van der Waals surface area (Å²) in [6.07, 6.45) is 2.69. The summed E-state index contributed by atoms with van der Waals surface area (Å²) in [5.41, 5.74) is 4.57. The van der Waals surface area contributed by atoms with E-state index < -0.39 is 0 Å². The third-order valence-electron chi connectivity index (χ3n) is 5.77. The summed E-state index contributed by atoms with van der Waals surface area (Å²) in [4.78, 5) is 4.44. The van der Waals surface area contributed by atoms with E-state index in [0.29, 0.717) is 0 Å². The summed E-state index contributed by atoms with van der Waals surface area (Å²) in [5, 5.41) is 15.0. The summed E-state index contributed by atoms with van der Waals surface area (Å²) < 4.78 is 1.89. The molecule has 5 heteroatoms. The number of rotatable bonds is 4. The van der Waals surface area contributed by atoms with Gasteiger partial charge in [-0.05, 0) is 49.2 Å². The summed E-state index contributed by atoms with van der Waals surface area (Å²) in [6.45, 7) is 4.38. The monoisotopic (exact) mass is 379 g/mol. The van der Waals surface area contributed by atoms with Crippen LogP contribution in [0.2, 0.25) is 0 Å². The molecule has 0 saturated heterocycles. The van der Waals surface area contributed by atoms with Gasteiger partial charge in [0.05, 0.1) is 16.6 Å². The molecule has 0 aliphatic rings. The molecule has 2 aromatic carbocycles. The van der Waals surface area contributed by atoms with Crippen molar-refractivity contribution >= 4 is 16.6 Å². The van der Waals surface area contributed by atoms with Crippen LogP contribution in [-0.2, 0) is 5.41 Å². The Balaban J connectivity index is 1.69. The van der Waals surface area contributed by atoms with Gasteiger partial charge in [0.2, 0.25) is 0 Å². The van der Waals surface area contributed by atoms with Crippen LogP contribution in [-0.4, -0.2) is 24.8 Å². The summed E-state index contributed by atoms with van der Waals surface area (Å²) >= 11 is 0. The molecule has 29 heavy (non-hydrogen) atoms. The molecule has 1 unspecified atom stereocenters. The lowest BCUT2D eigenvalue weighted by Gasteiger charge is -2.27. The van der Waals surface area contributed by atoms with Crippen LogP contribution >= 0.6 is 0 Å². The van der Waals surface area contributed by atoms with Gasteiger partial charge in [-0.25, -0.2) is 0 Å². The van der Waals surface area contributed by atoms with Crippen LogP contribution in [0, 0.1) is 0 Å². The van der Waals surface area contributed by atoms with Crippen LogP contribution in [0.15, 0.2) is 79.0 Å². The van der Waals surface area contributed by atoms with E-state index in [0.717, 1.165) is 40.1 Å². The van der Waals surface area contributed by atoms with Crippen LogP contribution < -0.4 is 0 Å². The highest BCUT2D eigenvalue weighted by Gasteiger charge is 2.33. The van der Waals surface area contributed by atoms with Crippen molar-refractivity contribution in [2.75, 3.05) is 0 Å². The van der Waals surface area contributed by atoms with E-state index in [2.05, 4.69) is 65.4 Å². The number of aromatic nitrogens is 5. The van der Waals surface area contributed by atoms with Gasteiger partial charge in [-0.1, -0.05) is 49.4 Å². The predicted octanol–water partition coefficient (Wildman–Crippen LogP) is 5.06. The van der Waals surface area contributed by atoms with Crippen molar-refractivity contribution in [3.05, 3.63) is 90.4 Å². The highest BCUT2D eigenvalue weighted by Crippen LogP contribution is 2.35. The average molecular weight is 379 g/mol. The zero-order valence-electron chi connectivity index (χ0n) is 16.4. The quantitative estimate of drug-likeness (QED) is 0.438. The molecular weight excluding hydrogens is 358 g/mol. The van der Waals surface area contributed by atoms with Gasteiger partial charge in [0.25, 0.3) is 0 Å². The smallest absolute Gasteiger partial charge is 0.177 e. The van der Waals surface area contributed by atoms with Crippen molar-refractivity contribution in [2.24, 2.45) is 0 Å². The lowest BCUT2D eigenvalue weighted by molar-refractivity contribution is 0.499.